The van der Waals surface area contributed by atoms with E-state index in [-0.39, 0.29) is 0 Å². The summed E-state index contributed by atoms with van der Waals surface area (Å²) < 4.78 is 6.49. The molecule has 2 nitrogen and oxygen atoms in total. The van der Waals surface area contributed by atoms with E-state index in [1.165, 1.54) is 5.56 Å². The van der Waals surface area contributed by atoms with Crippen molar-refractivity contribution in [2.45, 2.75) is 31.8 Å². The van der Waals surface area contributed by atoms with Gasteiger partial charge in [0.25, 0.3) is 0 Å². The van der Waals surface area contributed by atoms with Crippen LogP contribution >= 0.6 is 15.9 Å². The third-order valence-electron chi connectivity index (χ3n) is 3.08. The fourth-order valence-corrected chi connectivity index (χ4v) is 2.33. The quantitative estimate of drug-likeness (QED) is 0.919. The second kappa shape index (κ2) is 5.80. The van der Waals surface area contributed by atoms with Crippen LogP contribution in [0.25, 0.3) is 0 Å². The second-order valence-electron chi connectivity index (χ2n) is 4.33. The zero-order valence-corrected chi connectivity index (χ0v) is 11.2. The predicted octanol–water partition coefficient (Wildman–Crippen LogP) is 3.28. The number of hydrogen-bond acceptors (Lipinski definition) is 2. The molecule has 16 heavy (non-hydrogen) atoms. The smallest absolute Gasteiger partial charge is 0.0480 e. The molecule has 1 fully saturated rings. The number of halogens is 1. The molecule has 3 heteroatoms. The summed E-state index contributed by atoms with van der Waals surface area (Å²) in [5, 5.41) is 3.66. The minimum Gasteiger partial charge on any atom is -0.381 e. The van der Waals surface area contributed by atoms with Crippen LogP contribution in [0.2, 0.25) is 0 Å². The Kier molecular flexibility index (Phi) is 4.38. The lowest BCUT2D eigenvalue weighted by molar-refractivity contribution is 0.0754. The molecule has 0 unspecified atom stereocenters. The van der Waals surface area contributed by atoms with Gasteiger partial charge in [-0.1, -0.05) is 28.1 Å². The van der Waals surface area contributed by atoms with Crippen LogP contribution in [0.15, 0.2) is 28.7 Å². The largest absolute Gasteiger partial charge is 0.381 e. The Labute approximate surface area is 106 Å². The molecule has 1 N–H and O–H groups in total. The zero-order valence-electron chi connectivity index (χ0n) is 9.58. The van der Waals surface area contributed by atoms with E-state index < -0.39 is 0 Å². The van der Waals surface area contributed by atoms with E-state index in [4.69, 9.17) is 4.74 Å². The van der Waals surface area contributed by atoms with Gasteiger partial charge in [-0.25, -0.2) is 0 Å². The molecule has 1 aromatic rings. The highest BCUT2D eigenvalue weighted by atomic mass is 79.9. The van der Waals surface area contributed by atoms with Crippen molar-refractivity contribution in [2.75, 3.05) is 13.2 Å². The number of hydrogen-bond donors (Lipinski definition) is 1. The number of benzene rings is 1. The van der Waals surface area contributed by atoms with Crippen molar-refractivity contribution in [2.24, 2.45) is 0 Å². The molecule has 0 radical (unpaired) electrons. The monoisotopic (exact) mass is 283 g/mol. The molecule has 1 aliphatic heterocycles. The molecule has 1 heterocycles. The van der Waals surface area contributed by atoms with E-state index >= 15 is 0 Å². The normalized spacial score (nSPS) is 19.6. The summed E-state index contributed by atoms with van der Waals surface area (Å²) in [4.78, 5) is 0. The number of ether oxygens (including phenoxy) is 1. The van der Waals surface area contributed by atoms with Crippen molar-refractivity contribution in [3.05, 3.63) is 34.3 Å². The number of rotatable bonds is 3. The topological polar surface area (TPSA) is 21.3 Å². The summed E-state index contributed by atoms with van der Waals surface area (Å²) in [6.07, 6.45) is 2.25. The maximum absolute atomic E-state index is 5.36. The highest BCUT2D eigenvalue weighted by Crippen LogP contribution is 2.18. The van der Waals surface area contributed by atoms with Gasteiger partial charge >= 0.3 is 0 Å². The van der Waals surface area contributed by atoms with E-state index in [0.29, 0.717) is 12.1 Å². The first-order valence-corrected chi connectivity index (χ1v) is 6.64. The van der Waals surface area contributed by atoms with Crippen LogP contribution in [0.5, 0.6) is 0 Å². The first-order chi connectivity index (χ1) is 7.75. The minimum absolute atomic E-state index is 0.413. The third-order valence-corrected chi connectivity index (χ3v) is 3.61. The summed E-state index contributed by atoms with van der Waals surface area (Å²) in [5.74, 6) is 0. The van der Waals surface area contributed by atoms with Gasteiger partial charge in [-0.3, -0.25) is 0 Å². The molecular formula is C13H18BrNO. The van der Waals surface area contributed by atoms with E-state index in [2.05, 4.69) is 52.4 Å². The SMILES string of the molecule is C[C@@H](NC1CCOCC1)c1ccc(Br)cc1. The summed E-state index contributed by atoms with van der Waals surface area (Å²) in [6.45, 7) is 4.01. The maximum Gasteiger partial charge on any atom is 0.0480 e. The van der Waals surface area contributed by atoms with E-state index in [1.54, 1.807) is 0 Å². The van der Waals surface area contributed by atoms with Gasteiger partial charge in [-0.2, -0.15) is 0 Å². The van der Waals surface area contributed by atoms with Crippen LogP contribution in [0.4, 0.5) is 0 Å². The zero-order chi connectivity index (χ0) is 11.4. The van der Waals surface area contributed by atoms with Gasteiger partial charge in [0.05, 0.1) is 0 Å². The Hall–Kier alpha value is -0.380. The van der Waals surface area contributed by atoms with Crippen LogP contribution in [0.3, 0.4) is 0 Å². The minimum atomic E-state index is 0.413. The lowest BCUT2D eigenvalue weighted by Gasteiger charge is -2.27. The van der Waals surface area contributed by atoms with Crippen LogP contribution in [0.1, 0.15) is 31.4 Å². The molecule has 88 valence electrons. The van der Waals surface area contributed by atoms with Crippen molar-refractivity contribution in [1.82, 2.24) is 5.32 Å². The first-order valence-electron chi connectivity index (χ1n) is 5.85. The van der Waals surface area contributed by atoms with Gasteiger partial charge in [0.1, 0.15) is 0 Å². The summed E-state index contributed by atoms with van der Waals surface area (Å²) >= 11 is 3.46. The molecule has 1 atom stereocenters. The van der Waals surface area contributed by atoms with Crippen molar-refractivity contribution >= 4 is 15.9 Å². The molecule has 0 amide bonds. The lowest BCUT2D eigenvalue weighted by Crippen LogP contribution is -2.36. The van der Waals surface area contributed by atoms with E-state index in [9.17, 15) is 0 Å². The van der Waals surface area contributed by atoms with E-state index in [1.807, 2.05) is 0 Å². The first kappa shape index (κ1) is 12.1. The van der Waals surface area contributed by atoms with Crippen LogP contribution in [-0.2, 0) is 4.74 Å². The Bertz CT molecular complexity index is 319. The van der Waals surface area contributed by atoms with Gasteiger partial charge in [0.2, 0.25) is 0 Å². The predicted molar refractivity (Wildman–Crippen MR) is 69.5 cm³/mol. The highest BCUT2D eigenvalue weighted by Gasteiger charge is 2.16. The highest BCUT2D eigenvalue weighted by molar-refractivity contribution is 9.10. The average molecular weight is 284 g/mol. The van der Waals surface area contributed by atoms with Crippen molar-refractivity contribution in [3.8, 4) is 0 Å². The van der Waals surface area contributed by atoms with Crippen LogP contribution < -0.4 is 5.32 Å². The maximum atomic E-state index is 5.36. The molecule has 1 saturated heterocycles. The summed E-state index contributed by atoms with van der Waals surface area (Å²) in [6, 6.07) is 9.54. The van der Waals surface area contributed by atoms with Crippen LogP contribution in [0, 0.1) is 0 Å². The Morgan fingerprint density at radius 3 is 2.50 bits per heavy atom. The van der Waals surface area contributed by atoms with Crippen molar-refractivity contribution < 1.29 is 4.74 Å². The second-order valence-corrected chi connectivity index (χ2v) is 5.24. The lowest BCUT2D eigenvalue weighted by atomic mass is 10.0. The van der Waals surface area contributed by atoms with Crippen molar-refractivity contribution in [3.63, 3.8) is 0 Å². The van der Waals surface area contributed by atoms with Gasteiger partial charge < -0.3 is 10.1 Å². The molecule has 2 rings (SSSR count). The molecule has 0 aliphatic carbocycles. The van der Waals surface area contributed by atoms with Gasteiger partial charge in [0.15, 0.2) is 0 Å². The Morgan fingerprint density at radius 2 is 1.88 bits per heavy atom. The third kappa shape index (κ3) is 3.30. The fourth-order valence-electron chi connectivity index (χ4n) is 2.07. The Balaban J connectivity index is 1.91. The molecule has 1 aromatic carbocycles. The molecule has 0 bridgehead atoms. The number of nitrogens with one attached hydrogen (secondary N) is 1. The Morgan fingerprint density at radius 1 is 1.25 bits per heavy atom. The standard InChI is InChI=1S/C13H18BrNO/c1-10(11-2-4-12(14)5-3-11)15-13-6-8-16-9-7-13/h2-5,10,13,15H,6-9H2,1H3/t10-/m1/s1. The van der Waals surface area contributed by atoms with Gasteiger partial charge in [-0.05, 0) is 37.5 Å². The van der Waals surface area contributed by atoms with Crippen LogP contribution in [-0.4, -0.2) is 19.3 Å². The molecule has 0 spiro atoms. The van der Waals surface area contributed by atoms with Gasteiger partial charge in [-0.15, -0.1) is 0 Å². The molecule has 0 aromatic heterocycles. The molecular weight excluding hydrogens is 266 g/mol. The summed E-state index contributed by atoms with van der Waals surface area (Å²) in [5.41, 5.74) is 1.34. The van der Waals surface area contributed by atoms with Gasteiger partial charge in [0, 0.05) is 29.8 Å². The summed E-state index contributed by atoms with van der Waals surface area (Å²) in [7, 11) is 0. The fraction of sp³-hybridized carbons (Fsp3) is 0.538. The van der Waals surface area contributed by atoms with E-state index in [0.717, 1.165) is 30.5 Å². The molecule has 1 aliphatic rings. The molecule has 0 saturated carbocycles. The van der Waals surface area contributed by atoms with Crippen molar-refractivity contribution in [1.29, 1.82) is 0 Å². The average Bonchev–Trinajstić information content (AvgIpc) is 2.31.